The van der Waals surface area contributed by atoms with E-state index in [2.05, 4.69) is 17.0 Å². The van der Waals surface area contributed by atoms with Crippen molar-refractivity contribution < 1.29 is 23.0 Å². The SMILES string of the molecule is CCCC(CCO)CNCc1ccccc1OC(F)(F)F. The molecule has 1 aromatic carbocycles. The summed E-state index contributed by atoms with van der Waals surface area (Å²) in [6.07, 6.45) is -1.99. The van der Waals surface area contributed by atoms with Crippen LogP contribution in [0.2, 0.25) is 0 Å². The molecule has 1 aromatic rings. The van der Waals surface area contributed by atoms with Crippen LogP contribution in [0.4, 0.5) is 13.2 Å². The summed E-state index contributed by atoms with van der Waals surface area (Å²) in [6.45, 7) is 3.16. The van der Waals surface area contributed by atoms with Crippen LogP contribution in [-0.4, -0.2) is 24.6 Å². The van der Waals surface area contributed by atoms with Crippen LogP contribution in [0, 0.1) is 5.92 Å². The Bertz CT molecular complexity index is 404. The minimum absolute atomic E-state index is 0.125. The second kappa shape index (κ2) is 8.89. The smallest absolute Gasteiger partial charge is 0.405 e. The van der Waals surface area contributed by atoms with Crippen molar-refractivity contribution in [2.45, 2.75) is 39.1 Å². The lowest BCUT2D eigenvalue weighted by atomic mass is 10.00. The number of hydrogen-bond acceptors (Lipinski definition) is 3. The molecule has 0 aliphatic carbocycles. The summed E-state index contributed by atoms with van der Waals surface area (Å²) in [6, 6.07) is 6.10. The zero-order valence-corrected chi connectivity index (χ0v) is 12.1. The molecule has 0 saturated carbocycles. The lowest BCUT2D eigenvalue weighted by molar-refractivity contribution is -0.274. The van der Waals surface area contributed by atoms with Gasteiger partial charge in [0.05, 0.1) is 0 Å². The molecule has 0 heterocycles. The van der Waals surface area contributed by atoms with Crippen LogP contribution in [-0.2, 0) is 6.54 Å². The van der Waals surface area contributed by atoms with E-state index in [-0.39, 0.29) is 12.4 Å². The molecule has 0 saturated heterocycles. The largest absolute Gasteiger partial charge is 0.573 e. The van der Waals surface area contributed by atoms with Gasteiger partial charge in [0.1, 0.15) is 5.75 Å². The van der Waals surface area contributed by atoms with Crippen LogP contribution in [0.5, 0.6) is 5.75 Å². The van der Waals surface area contributed by atoms with E-state index >= 15 is 0 Å². The van der Waals surface area contributed by atoms with Crippen LogP contribution < -0.4 is 10.1 Å². The van der Waals surface area contributed by atoms with Crippen molar-refractivity contribution in [1.82, 2.24) is 5.32 Å². The predicted molar refractivity (Wildman–Crippen MR) is 74.9 cm³/mol. The first-order chi connectivity index (χ1) is 9.96. The maximum atomic E-state index is 12.3. The van der Waals surface area contributed by atoms with Gasteiger partial charge >= 0.3 is 6.36 Å². The molecule has 1 rings (SSSR count). The molecule has 0 radical (unpaired) electrons. The van der Waals surface area contributed by atoms with Gasteiger partial charge in [0.25, 0.3) is 0 Å². The minimum atomic E-state index is -4.68. The first-order valence-corrected chi connectivity index (χ1v) is 7.11. The Hall–Kier alpha value is -1.27. The lowest BCUT2D eigenvalue weighted by Crippen LogP contribution is -2.24. The molecule has 0 amide bonds. The van der Waals surface area contributed by atoms with E-state index in [1.165, 1.54) is 12.1 Å². The highest BCUT2D eigenvalue weighted by molar-refractivity contribution is 5.33. The topological polar surface area (TPSA) is 41.5 Å². The molecule has 2 N–H and O–H groups in total. The highest BCUT2D eigenvalue weighted by Crippen LogP contribution is 2.26. The molecule has 1 unspecified atom stereocenters. The second-order valence-corrected chi connectivity index (χ2v) is 4.95. The van der Waals surface area contributed by atoms with Gasteiger partial charge in [-0.1, -0.05) is 31.5 Å². The third-order valence-corrected chi connectivity index (χ3v) is 3.18. The van der Waals surface area contributed by atoms with Crippen molar-refractivity contribution in [2.75, 3.05) is 13.2 Å². The van der Waals surface area contributed by atoms with E-state index in [1.54, 1.807) is 12.1 Å². The highest BCUT2D eigenvalue weighted by Gasteiger charge is 2.31. The van der Waals surface area contributed by atoms with E-state index in [0.29, 0.717) is 31.0 Å². The number of ether oxygens (including phenoxy) is 1. The Kier molecular flexibility index (Phi) is 7.53. The third-order valence-electron chi connectivity index (χ3n) is 3.18. The number of rotatable bonds is 9. The van der Waals surface area contributed by atoms with Gasteiger partial charge in [0.2, 0.25) is 0 Å². The molecular formula is C15H22F3NO2. The zero-order chi connectivity index (χ0) is 15.7. The van der Waals surface area contributed by atoms with E-state index < -0.39 is 6.36 Å². The normalized spacial score (nSPS) is 13.2. The summed E-state index contributed by atoms with van der Waals surface area (Å²) in [5.74, 6) is 0.155. The van der Waals surface area contributed by atoms with Gasteiger partial charge in [-0.2, -0.15) is 0 Å². The summed E-state index contributed by atoms with van der Waals surface area (Å²) in [4.78, 5) is 0. The van der Waals surface area contributed by atoms with Gasteiger partial charge in [-0.05, 0) is 31.4 Å². The lowest BCUT2D eigenvalue weighted by Gasteiger charge is -2.17. The van der Waals surface area contributed by atoms with E-state index in [4.69, 9.17) is 5.11 Å². The fourth-order valence-corrected chi connectivity index (χ4v) is 2.22. The Morgan fingerprint density at radius 2 is 1.95 bits per heavy atom. The molecule has 0 aliphatic rings. The number of alkyl halides is 3. The maximum Gasteiger partial charge on any atom is 0.573 e. The maximum absolute atomic E-state index is 12.3. The van der Waals surface area contributed by atoms with Gasteiger partial charge in [0, 0.05) is 18.7 Å². The zero-order valence-electron chi connectivity index (χ0n) is 12.1. The molecule has 0 fully saturated rings. The van der Waals surface area contributed by atoms with Crippen LogP contribution in [0.3, 0.4) is 0 Å². The van der Waals surface area contributed by atoms with Crippen LogP contribution in [0.15, 0.2) is 24.3 Å². The molecule has 1 atom stereocenters. The number of nitrogens with one attached hydrogen (secondary N) is 1. The average Bonchev–Trinajstić information content (AvgIpc) is 2.39. The van der Waals surface area contributed by atoms with Crippen LogP contribution >= 0.6 is 0 Å². The highest BCUT2D eigenvalue weighted by atomic mass is 19.4. The van der Waals surface area contributed by atoms with Crippen molar-refractivity contribution in [3.8, 4) is 5.75 Å². The Labute approximate surface area is 123 Å². The molecular weight excluding hydrogens is 283 g/mol. The van der Waals surface area contributed by atoms with Crippen molar-refractivity contribution in [1.29, 1.82) is 0 Å². The molecule has 0 spiro atoms. The number of halogens is 3. The number of aliphatic hydroxyl groups excluding tert-OH is 1. The van der Waals surface area contributed by atoms with Gasteiger partial charge in [0.15, 0.2) is 0 Å². The minimum Gasteiger partial charge on any atom is -0.405 e. The fraction of sp³-hybridized carbons (Fsp3) is 0.600. The third kappa shape index (κ3) is 7.34. The number of hydrogen-bond donors (Lipinski definition) is 2. The number of aliphatic hydroxyl groups is 1. The van der Waals surface area contributed by atoms with Gasteiger partial charge < -0.3 is 15.2 Å². The van der Waals surface area contributed by atoms with Crippen molar-refractivity contribution in [3.63, 3.8) is 0 Å². The molecule has 3 nitrogen and oxygen atoms in total. The van der Waals surface area contributed by atoms with Crippen LogP contribution in [0.1, 0.15) is 31.7 Å². The van der Waals surface area contributed by atoms with E-state index in [9.17, 15) is 13.2 Å². The molecule has 0 bridgehead atoms. The summed E-state index contributed by atoms with van der Waals surface area (Å²) >= 11 is 0. The van der Waals surface area contributed by atoms with Gasteiger partial charge in [-0.25, -0.2) is 0 Å². The van der Waals surface area contributed by atoms with Crippen LogP contribution in [0.25, 0.3) is 0 Å². The van der Waals surface area contributed by atoms with Gasteiger partial charge in [-0.15, -0.1) is 13.2 Å². The average molecular weight is 305 g/mol. The Morgan fingerprint density at radius 1 is 1.24 bits per heavy atom. The summed E-state index contributed by atoms with van der Waals surface area (Å²) < 4.78 is 40.9. The van der Waals surface area contributed by atoms with Crippen molar-refractivity contribution >= 4 is 0 Å². The Morgan fingerprint density at radius 3 is 2.57 bits per heavy atom. The Balaban J connectivity index is 2.54. The van der Waals surface area contributed by atoms with E-state index in [1.807, 2.05) is 0 Å². The molecule has 21 heavy (non-hydrogen) atoms. The van der Waals surface area contributed by atoms with Crippen molar-refractivity contribution in [2.24, 2.45) is 5.92 Å². The second-order valence-electron chi connectivity index (χ2n) is 4.95. The summed E-state index contributed by atoms with van der Waals surface area (Å²) in [5.41, 5.74) is 0.467. The molecule has 0 aliphatic heterocycles. The summed E-state index contributed by atoms with van der Waals surface area (Å²) in [7, 11) is 0. The predicted octanol–water partition coefficient (Wildman–Crippen LogP) is 3.47. The molecule has 0 aromatic heterocycles. The van der Waals surface area contributed by atoms with Gasteiger partial charge in [-0.3, -0.25) is 0 Å². The standard InChI is InChI=1S/C15H22F3NO2/c1-2-5-12(8-9-20)10-19-11-13-6-3-4-7-14(13)21-15(16,17)18/h3-4,6-7,12,19-20H,2,5,8-11H2,1H3. The molecule has 6 heteroatoms. The fourth-order valence-electron chi connectivity index (χ4n) is 2.22. The quantitative estimate of drug-likeness (QED) is 0.734. The monoisotopic (exact) mass is 305 g/mol. The number of para-hydroxylation sites is 1. The molecule has 120 valence electrons. The van der Waals surface area contributed by atoms with E-state index in [0.717, 1.165) is 12.8 Å². The van der Waals surface area contributed by atoms with Crippen molar-refractivity contribution in [3.05, 3.63) is 29.8 Å². The first-order valence-electron chi connectivity index (χ1n) is 7.11. The first kappa shape index (κ1) is 17.8. The number of benzene rings is 1. The summed E-state index contributed by atoms with van der Waals surface area (Å²) in [5, 5.41) is 12.1.